The Morgan fingerprint density at radius 2 is 1.82 bits per heavy atom. The molecule has 0 saturated carbocycles. The summed E-state index contributed by atoms with van der Waals surface area (Å²) in [5, 5.41) is 0. The van der Waals surface area contributed by atoms with E-state index in [2.05, 4.69) is 15.9 Å². The highest BCUT2D eigenvalue weighted by Crippen LogP contribution is 2.29. The van der Waals surface area contributed by atoms with Crippen molar-refractivity contribution in [3.63, 3.8) is 0 Å². The third-order valence-corrected chi connectivity index (χ3v) is 2.73. The van der Waals surface area contributed by atoms with Crippen molar-refractivity contribution in [1.29, 1.82) is 0 Å². The molecule has 0 fully saturated rings. The number of anilines is 1. The van der Waals surface area contributed by atoms with Crippen molar-refractivity contribution >= 4 is 21.6 Å². The van der Waals surface area contributed by atoms with Gasteiger partial charge in [-0.2, -0.15) is 0 Å². The van der Waals surface area contributed by atoms with Crippen LogP contribution < -0.4 is 10.5 Å². The van der Waals surface area contributed by atoms with Gasteiger partial charge in [0.1, 0.15) is 17.4 Å². The fourth-order valence-corrected chi connectivity index (χ4v) is 1.53. The van der Waals surface area contributed by atoms with Crippen molar-refractivity contribution < 1.29 is 13.5 Å². The van der Waals surface area contributed by atoms with Crippen LogP contribution in [-0.2, 0) is 0 Å². The Morgan fingerprint density at radius 3 is 2.47 bits per heavy atom. The van der Waals surface area contributed by atoms with Crippen molar-refractivity contribution in [3.8, 4) is 11.5 Å². The molecule has 5 heteroatoms. The van der Waals surface area contributed by atoms with Gasteiger partial charge in [-0.1, -0.05) is 0 Å². The predicted octanol–water partition coefficient (Wildman–Crippen LogP) is 4.10. The molecule has 0 atom stereocenters. The first kappa shape index (κ1) is 11.9. The molecule has 0 aliphatic carbocycles. The summed E-state index contributed by atoms with van der Waals surface area (Å²) < 4.78 is 31.7. The molecule has 0 unspecified atom stereocenters. The second-order valence-electron chi connectivity index (χ2n) is 3.36. The molecule has 2 rings (SSSR count). The van der Waals surface area contributed by atoms with Crippen molar-refractivity contribution in [2.45, 2.75) is 0 Å². The number of hydrogen-bond donors (Lipinski definition) is 1. The van der Waals surface area contributed by atoms with E-state index in [1.54, 1.807) is 6.07 Å². The molecular weight excluding hydrogens is 292 g/mol. The topological polar surface area (TPSA) is 35.2 Å². The molecule has 88 valence electrons. The molecule has 2 N–H and O–H groups in total. The fraction of sp³-hybridized carbons (Fsp3) is 0. The van der Waals surface area contributed by atoms with E-state index in [1.165, 1.54) is 24.3 Å². The normalized spacial score (nSPS) is 10.3. The van der Waals surface area contributed by atoms with Gasteiger partial charge in [0.2, 0.25) is 0 Å². The SMILES string of the molecule is Nc1cc(F)ccc1Oc1ccc(Br)c(F)c1. The number of ether oxygens (including phenoxy) is 1. The van der Waals surface area contributed by atoms with Gasteiger partial charge in [-0.05, 0) is 40.2 Å². The Bertz CT molecular complexity index is 560. The van der Waals surface area contributed by atoms with Crippen LogP contribution in [-0.4, -0.2) is 0 Å². The van der Waals surface area contributed by atoms with E-state index in [0.29, 0.717) is 10.2 Å². The largest absolute Gasteiger partial charge is 0.455 e. The van der Waals surface area contributed by atoms with Gasteiger partial charge in [0.25, 0.3) is 0 Å². The standard InChI is InChI=1S/C12H8BrF2NO/c13-9-3-2-8(6-10(9)15)17-12-4-1-7(14)5-11(12)16/h1-6H,16H2. The molecule has 0 aliphatic heterocycles. The fourth-order valence-electron chi connectivity index (χ4n) is 1.28. The van der Waals surface area contributed by atoms with E-state index in [-0.39, 0.29) is 11.4 Å². The quantitative estimate of drug-likeness (QED) is 0.847. The molecule has 0 amide bonds. The van der Waals surface area contributed by atoms with E-state index in [4.69, 9.17) is 10.5 Å². The van der Waals surface area contributed by atoms with Crippen LogP contribution >= 0.6 is 15.9 Å². The Hall–Kier alpha value is -1.62. The van der Waals surface area contributed by atoms with Crippen molar-refractivity contribution in [1.82, 2.24) is 0 Å². The zero-order valence-corrected chi connectivity index (χ0v) is 10.2. The molecule has 0 heterocycles. The van der Waals surface area contributed by atoms with Gasteiger partial charge in [-0.15, -0.1) is 0 Å². The summed E-state index contributed by atoms with van der Waals surface area (Å²) >= 11 is 3.03. The smallest absolute Gasteiger partial charge is 0.150 e. The lowest BCUT2D eigenvalue weighted by atomic mass is 10.3. The highest BCUT2D eigenvalue weighted by Gasteiger charge is 2.06. The lowest BCUT2D eigenvalue weighted by molar-refractivity contribution is 0.476. The third-order valence-electron chi connectivity index (χ3n) is 2.09. The number of hydrogen-bond acceptors (Lipinski definition) is 2. The Morgan fingerprint density at radius 1 is 1.06 bits per heavy atom. The summed E-state index contributed by atoms with van der Waals surface area (Å²) in [5.74, 6) is -0.308. The summed E-state index contributed by atoms with van der Waals surface area (Å²) in [5.41, 5.74) is 5.73. The summed E-state index contributed by atoms with van der Waals surface area (Å²) in [6, 6.07) is 8.07. The van der Waals surface area contributed by atoms with E-state index < -0.39 is 11.6 Å². The molecule has 0 spiro atoms. The van der Waals surface area contributed by atoms with E-state index in [1.807, 2.05) is 0 Å². The number of benzene rings is 2. The van der Waals surface area contributed by atoms with Crippen LogP contribution in [0.2, 0.25) is 0 Å². The zero-order valence-electron chi connectivity index (χ0n) is 8.58. The molecule has 0 saturated heterocycles. The second kappa shape index (κ2) is 4.71. The first-order valence-corrected chi connectivity index (χ1v) is 5.53. The number of rotatable bonds is 2. The minimum atomic E-state index is -0.447. The van der Waals surface area contributed by atoms with Crippen molar-refractivity contribution in [2.24, 2.45) is 0 Å². The third kappa shape index (κ3) is 2.74. The van der Waals surface area contributed by atoms with E-state index in [0.717, 1.165) is 6.07 Å². The predicted molar refractivity (Wildman–Crippen MR) is 65.0 cm³/mol. The van der Waals surface area contributed by atoms with Gasteiger partial charge in [-0.3, -0.25) is 0 Å². The number of halogens is 3. The minimum absolute atomic E-state index is 0.160. The van der Waals surface area contributed by atoms with Gasteiger partial charge >= 0.3 is 0 Å². The summed E-state index contributed by atoms with van der Waals surface area (Å²) in [7, 11) is 0. The van der Waals surface area contributed by atoms with Crippen LogP contribution in [0.15, 0.2) is 40.9 Å². The molecule has 0 bridgehead atoms. The maximum atomic E-state index is 13.2. The maximum absolute atomic E-state index is 13.2. The summed E-state index contributed by atoms with van der Waals surface area (Å²) in [4.78, 5) is 0. The van der Waals surface area contributed by atoms with Crippen LogP contribution in [0.25, 0.3) is 0 Å². The van der Waals surface area contributed by atoms with E-state index in [9.17, 15) is 8.78 Å². The molecule has 0 radical (unpaired) electrons. The molecule has 0 aromatic heterocycles. The van der Waals surface area contributed by atoms with Crippen LogP contribution in [0.1, 0.15) is 0 Å². The maximum Gasteiger partial charge on any atom is 0.150 e. The van der Waals surface area contributed by atoms with Gasteiger partial charge in [0.05, 0.1) is 10.2 Å². The first-order valence-electron chi connectivity index (χ1n) is 4.74. The van der Waals surface area contributed by atoms with Crippen LogP contribution in [0.5, 0.6) is 11.5 Å². The minimum Gasteiger partial charge on any atom is -0.455 e. The average molecular weight is 300 g/mol. The van der Waals surface area contributed by atoms with Gasteiger partial charge in [-0.25, -0.2) is 8.78 Å². The molecule has 0 aliphatic rings. The van der Waals surface area contributed by atoms with E-state index >= 15 is 0 Å². The Labute approximate surface area is 105 Å². The Balaban J connectivity index is 2.28. The zero-order chi connectivity index (χ0) is 12.4. The molecule has 2 aromatic rings. The van der Waals surface area contributed by atoms with Gasteiger partial charge < -0.3 is 10.5 Å². The second-order valence-corrected chi connectivity index (χ2v) is 4.21. The molecule has 17 heavy (non-hydrogen) atoms. The van der Waals surface area contributed by atoms with Crippen molar-refractivity contribution in [2.75, 3.05) is 5.73 Å². The average Bonchev–Trinajstić information content (AvgIpc) is 2.27. The van der Waals surface area contributed by atoms with Crippen LogP contribution in [0.4, 0.5) is 14.5 Å². The molecule has 2 aromatic carbocycles. The summed E-state index contributed by atoms with van der Waals surface area (Å²) in [6.45, 7) is 0. The molecular formula is C12H8BrF2NO. The van der Waals surface area contributed by atoms with Crippen molar-refractivity contribution in [3.05, 3.63) is 52.5 Å². The lowest BCUT2D eigenvalue weighted by Gasteiger charge is -2.08. The Kier molecular flexibility index (Phi) is 3.28. The van der Waals surface area contributed by atoms with Crippen LogP contribution in [0.3, 0.4) is 0 Å². The van der Waals surface area contributed by atoms with Gasteiger partial charge in [0.15, 0.2) is 5.75 Å². The first-order chi connectivity index (χ1) is 8.06. The monoisotopic (exact) mass is 299 g/mol. The van der Waals surface area contributed by atoms with Crippen LogP contribution in [0, 0.1) is 11.6 Å². The number of nitrogen functional groups attached to an aromatic ring is 1. The number of nitrogens with two attached hydrogens (primary N) is 1. The van der Waals surface area contributed by atoms with Gasteiger partial charge in [0, 0.05) is 12.1 Å². The highest BCUT2D eigenvalue weighted by atomic mass is 79.9. The molecule has 2 nitrogen and oxygen atoms in total. The summed E-state index contributed by atoms with van der Waals surface area (Å²) in [6.07, 6.45) is 0. The lowest BCUT2D eigenvalue weighted by Crippen LogP contribution is -1.93. The highest BCUT2D eigenvalue weighted by molar-refractivity contribution is 9.10.